The fourth-order valence-electron chi connectivity index (χ4n) is 1.89. The summed E-state index contributed by atoms with van der Waals surface area (Å²) in [4.78, 5) is 15.8. The first-order valence-corrected chi connectivity index (χ1v) is 5.47. The van der Waals surface area contributed by atoms with Gasteiger partial charge >= 0.3 is 0 Å². The van der Waals surface area contributed by atoms with Crippen molar-refractivity contribution < 1.29 is 4.79 Å². The fourth-order valence-corrected chi connectivity index (χ4v) is 1.89. The summed E-state index contributed by atoms with van der Waals surface area (Å²) in [5.74, 6) is 0.644. The molecule has 2 rings (SSSR count). The highest BCUT2D eigenvalue weighted by molar-refractivity contribution is 5.87. The van der Waals surface area contributed by atoms with Crippen LogP contribution in [0.15, 0.2) is 36.9 Å². The molecule has 1 heterocycles. The monoisotopic (exact) mass is 229 g/mol. The number of carbonyl (C=O) groups is 1. The van der Waals surface area contributed by atoms with Gasteiger partial charge in [0, 0.05) is 7.05 Å². The highest BCUT2D eigenvalue weighted by Gasteiger charge is 2.14. The third kappa shape index (κ3) is 2.06. The summed E-state index contributed by atoms with van der Waals surface area (Å²) in [6, 6.07) is 7.75. The first-order valence-electron chi connectivity index (χ1n) is 5.47. The van der Waals surface area contributed by atoms with Gasteiger partial charge in [-0.15, -0.1) is 0 Å². The van der Waals surface area contributed by atoms with Crippen molar-refractivity contribution in [3.05, 3.63) is 42.7 Å². The minimum Gasteiger partial charge on any atom is -0.343 e. The third-order valence-electron chi connectivity index (χ3n) is 2.75. The fraction of sp³-hybridized carbons (Fsp3) is 0.231. The number of benzene rings is 1. The molecule has 4 heteroatoms. The van der Waals surface area contributed by atoms with Crippen molar-refractivity contribution >= 4 is 16.9 Å². The lowest BCUT2D eigenvalue weighted by molar-refractivity contribution is -0.117. The van der Waals surface area contributed by atoms with E-state index in [1.807, 2.05) is 42.8 Å². The number of para-hydroxylation sites is 2. The summed E-state index contributed by atoms with van der Waals surface area (Å²) < 4.78 is 1.99. The largest absolute Gasteiger partial charge is 0.343 e. The van der Waals surface area contributed by atoms with Crippen LogP contribution in [0.5, 0.6) is 0 Å². The second-order valence-electron chi connectivity index (χ2n) is 3.95. The quantitative estimate of drug-likeness (QED) is 0.817. The molecule has 0 saturated heterocycles. The average Bonchev–Trinajstić information content (AvgIpc) is 2.67. The number of aryl methyl sites for hydroxylation is 1. The molecule has 4 nitrogen and oxygen atoms in total. The van der Waals surface area contributed by atoms with Crippen LogP contribution in [0, 0.1) is 0 Å². The lowest BCUT2D eigenvalue weighted by atomic mass is 10.3. The number of rotatable bonds is 3. The Morgan fingerprint density at radius 2 is 2.24 bits per heavy atom. The molecular formula is C13H15N3O. The number of nitrogens with zero attached hydrogens (tertiary/aromatic N) is 2. The van der Waals surface area contributed by atoms with Crippen molar-refractivity contribution in [2.24, 2.45) is 7.05 Å². The SMILES string of the molecule is C=CC(=O)NC(C)c1nc2ccccc2n1C. The third-order valence-corrected chi connectivity index (χ3v) is 2.75. The molecule has 1 amide bonds. The summed E-state index contributed by atoms with van der Waals surface area (Å²) in [6.07, 6.45) is 1.26. The van der Waals surface area contributed by atoms with E-state index in [2.05, 4.69) is 16.9 Å². The maximum absolute atomic E-state index is 11.3. The Morgan fingerprint density at radius 3 is 2.88 bits per heavy atom. The summed E-state index contributed by atoms with van der Waals surface area (Å²) in [6.45, 7) is 5.34. The van der Waals surface area contributed by atoms with Crippen LogP contribution in [0.4, 0.5) is 0 Å². The number of hydrogen-bond acceptors (Lipinski definition) is 2. The van der Waals surface area contributed by atoms with Crippen LogP contribution in [-0.2, 0) is 11.8 Å². The van der Waals surface area contributed by atoms with Gasteiger partial charge in [-0.2, -0.15) is 0 Å². The molecule has 0 aliphatic carbocycles. The predicted molar refractivity (Wildman–Crippen MR) is 67.5 cm³/mol. The van der Waals surface area contributed by atoms with E-state index in [0.29, 0.717) is 0 Å². The molecule has 0 aliphatic rings. The van der Waals surface area contributed by atoms with Gasteiger partial charge in [-0.1, -0.05) is 18.7 Å². The van der Waals surface area contributed by atoms with Gasteiger partial charge in [-0.25, -0.2) is 4.98 Å². The highest BCUT2D eigenvalue weighted by atomic mass is 16.1. The van der Waals surface area contributed by atoms with E-state index in [9.17, 15) is 4.79 Å². The van der Waals surface area contributed by atoms with E-state index < -0.39 is 0 Å². The second kappa shape index (κ2) is 4.41. The molecule has 17 heavy (non-hydrogen) atoms. The minimum absolute atomic E-state index is 0.141. The normalized spacial score (nSPS) is 12.4. The minimum atomic E-state index is -0.190. The average molecular weight is 229 g/mol. The number of fused-ring (bicyclic) bond motifs is 1. The zero-order chi connectivity index (χ0) is 12.4. The van der Waals surface area contributed by atoms with Crippen LogP contribution >= 0.6 is 0 Å². The second-order valence-corrected chi connectivity index (χ2v) is 3.95. The van der Waals surface area contributed by atoms with Crippen molar-refractivity contribution in [1.82, 2.24) is 14.9 Å². The first-order chi connectivity index (χ1) is 8.13. The molecule has 0 fully saturated rings. The number of amides is 1. The summed E-state index contributed by atoms with van der Waals surface area (Å²) in [5, 5.41) is 2.81. The van der Waals surface area contributed by atoms with Crippen molar-refractivity contribution in [2.75, 3.05) is 0 Å². The molecule has 2 aromatic rings. The Balaban J connectivity index is 2.38. The standard InChI is InChI=1S/C13H15N3O/c1-4-12(17)14-9(2)13-15-10-7-5-6-8-11(10)16(13)3/h4-9H,1H2,2-3H3,(H,14,17). The van der Waals surface area contributed by atoms with Gasteiger partial charge in [-0.3, -0.25) is 4.79 Å². The maximum atomic E-state index is 11.3. The van der Waals surface area contributed by atoms with E-state index in [1.54, 1.807) is 0 Å². The van der Waals surface area contributed by atoms with E-state index in [-0.39, 0.29) is 11.9 Å². The molecule has 88 valence electrons. The Morgan fingerprint density at radius 1 is 1.53 bits per heavy atom. The van der Waals surface area contributed by atoms with E-state index in [1.165, 1.54) is 6.08 Å². The first kappa shape index (κ1) is 11.4. The lowest BCUT2D eigenvalue weighted by Gasteiger charge is -2.12. The molecule has 0 aliphatic heterocycles. The molecule has 1 N–H and O–H groups in total. The maximum Gasteiger partial charge on any atom is 0.243 e. The predicted octanol–water partition coefficient (Wildman–Crippen LogP) is 1.94. The number of carbonyl (C=O) groups excluding carboxylic acids is 1. The number of nitrogens with one attached hydrogen (secondary N) is 1. The van der Waals surface area contributed by atoms with Crippen molar-refractivity contribution in [3.8, 4) is 0 Å². The van der Waals surface area contributed by atoms with Crippen molar-refractivity contribution in [2.45, 2.75) is 13.0 Å². The van der Waals surface area contributed by atoms with Gasteiger partial charge in [0.05, 0.1) is 17.1 Å². The van der Waals surface area contributed by atoms with Crippen molar-refractivity contribution in [3.63, 3.8) is 0 Å². The Hall–Kier alpha value is -2.10. The van der Waals surface area contributed by atoms with E-state index >= 15 is 0 Å². The summed E-state index contributed by atoms with van der Waals surface area (Å²) >= 11 is 0. The zero-order valence-corrected chi connectivity index (χ0v) is 9.97. The van der Waals surface area contributed by atoms with Crippen LogP contribution in [0.3, 0.4) is 0 Å². The smallest absolute Gasteiger partial charge is 0.243 e. The van der Waals surface area contributed by atoms with Gasteiger partial charge in [0.25, 0.3) is 0 Å². The summed E-state index contributed by atoms with van der Waals surface area (Å²) in [5.41, 5.74) is 1.99. The van der Waals surface area contributed by atoms with Crippen LogP contribution in [0.1, 0.15) is 18.8 Å². The number of imidazole rings is 1. The Labute approximate surface area is 100.0 Å². The number of hydrogen-bond donors (Lipinski definition) is 1. The van der Waals surface area contributed by atoms with Gasteiger partial charge in [0.2, 0.25) is 5.91 Å². The molecule has 1 unspecified atom stereocenters. The van der Waals surface area contributed by atoms with Crippen LogP contribution < -0.4 is 5.32 Å². The summed E-state index contributed by atoms with van der Waals surface area (Å²) in [7, 11) is 1.95. The van der Waals surface area contributed by atoms with Gasteiger partial charge in [0.15, 0.2) is 0 Å². The molecule has 0 bridgehead atoms. The molecule has 0 radical (unpaired) electrons. The molecule has 0 saturated carbocycles. The van der Waals surface area contributed by atoms with E-state index in [0.717, 1.165) is 16.9 Å². The van der Waals surface area contributed by atoms with Gasteiger partial charge in [0.1, 0.15) is 5.82 Å². The van der Waals surface area contributed by atoms with Crippen LogP contribution in [0.25, 0.3) is 11.0 Å². The lowest BCUT2D eigenvalue weighted by Crippen LogP contribution is -2.26. The zero-order valence-electron chi connectivity index (χ0n) is 9.97. The van der Waals surface area contributed by atoms with Crippen LogP contribution in [-0.4, -0.2) is 15.5 Å². The Kier molecular flexibility index (Phi) is 2.95. The van der Waals surface area contributed by atoms with Crippen molar-refractivity contribution in [1.29, 1.82) is 0 Å². The molecule has 1 atom stereocenters. The number of aromatic nitrogens is 2. The van der Waals surface area contributed by atoms with Crippen LogP contribution in [0.2, 0.25) is 0 Å². The Bertz CT molecular complexity index is 571. The highest BCUT2D eigenvalue weighted by Crippen LogP contribution is 2.18. The molecule has 1 aromatic heterocycles. The van der Waals surface area contributed by atoms with E-state index in [4.69, 9.17) is 0 Å². The molecule has 1 aromatic carbocycles. The molecule has 0 spiro atoms. The molecular weight excluding hydrogens is 214 g/mol. The topological polar surface area (TPSA) is 46.9 Å². The van der Waals surface area contributed by atoms with Gasteiger partial charge < -0.3 is 9.88 Å². The van der Waals surface area contributed by atoms with Gasteiger partial charge in [-0.05, 0) is 25.1 Å².